The molecule has 0 unspecified atom stereocenters. The van der Waals surface area contributed by atoms with Crippen molar-refractivity contribution in [3.05, 3.63) is 47.5 Å². The Labute approximate surface area is 79.1 Å². The fourth-order valence-corrected chi connectivity index (χ4v) is 1.03. The smallest absolute Gasteiger partial charge is 0.155 e. The second kappa shape index (κ2) is 4.61. The first-order valence-electron chi connectivity index (χ1n) is 4.42. The molecule has 0 spiro atoms. The van der Waals surface area contributed by atoms with E-state index in [1.165, 1.54) is 5.56 Å². The molecule has 0 fully saturated rings. The summed E-state index contributed by atoms with van der Waals surface area (Å²) in [4.78, 5) is 10.9. The largest absolute Gasteiger partial charge is 0.295 e. The molecule has 68 valence electrons. The van der Waals surface area contributed by atoms with Gasteiger partial charge in [0.1, 0.15) is 0 Å². The molecule has 1 rings (SSSR count). The molecule has 0 radical (unpaired) electrons. The number of Topliss-reactive ketones (excluding diaryl/α,β-unsaturated/α-hetero) is 1. The summed E-state index contributed by atoms with van der Waals surface area (Å²) in [6.07, 6.45) is 2.81. The van der Waals surface area contributed by atoms with Crippen LogP contribution in [0.25, 0.3) is 0 Å². The average Bonchev–Trinajstić information content (AvgIpc) is 2.15. The van der Waals surface area contributed by atoms with E-state index in [1.54, 1.807) is 6.92 Å². The minimum atomic E-state index is 0.149. The highest BCUT2D eigenvalue weighted by atomic mass is 16.1. The van der Waals surface area contributed by atoms with Crippen LogP contribution in [0, 0.1) is 0 Å². The first kappa shape index (κ1) is 9.72. The molecule has 1 aromatic rings. The molecule has 0 bridgehead atoms. The Morgan fingerprint density at radius 3 is 2.38 bits per heavy atom. The zero-order chi connectivity index (χ0) is 9.68. The van der Waals surface area contributed by atoms with Gasteiger partial charge in [0.2, 0.25) is 0 Å². The van der Waals surface area contributed by atoms with Crippen LogP contribution in [0.1, 0.15) is 19.4 Å². The van der Waals surface area contributed by atoms with Gasteiger partial charge in [0.15, 0.2) is 5.78 Å². The first-order valence-corrected chi connectivity index (χ1v) is 4.42. The second-order valence-electron chi connectivity index (χ2n) is 3.13. The highest BCUT2D eigenvalue weighted by molar-refractivity contribution is 5.92. The molecule has 0 N–H and O–H groups in total. The van der Waals surface area contributed by atoms with Crippen LogP contribution in [0.4, 0.5) is 0 Å². The lowest BCUT2D eigenvalue weighted by atomic mass is 10.1. The summed E-state index contributed by atoms with van der Waals surface area (Å²) in [5, 5.41) is 0. The van der Waals surface area contributed by atoms with Crippen molar-refractivity contribution >= 4 is 5.78 Å². The van der Waals surface area contributed by atoms with Gasteiger partial charge in [-0.3, -0.25) is 4.79 Å². The SMILES string of the molecule is CC(=O)/C(C)=C/Cc1ccccc1. The van der Waals surface area contributed by atoms with Gasteiger partial charge in [0.05, 0.1) is 0 Å². The Kier molecular flexibility index (Phi) is 3.44. The van der Waals surface area contributed by atoms with Crippen molar-refractivity contribution in [2.75, 3.05) is 0 Å². The van der Waals surface area contributed by atoms with Gasteiger partial charge in [0, 0.05) is 0 Å². The van der Waals surface area contributed by atoms with Crippen molar-refractivity contribution in [2.45, 2.75) is 20.3 Å². The Morgan fingerprint density at radius 2 is 1.85 bits per heavy atom. The fourth-order valence-electron chi connectivity index (χ4n) is 1.03. The topological polar surface area (TPSA) is 17.1 Å². The van der Waals surface area contributed by atoms with E-state index in [9.17, 15) is 4.79 Å². The van der Waals surface area contributed by atoms with E-state index in [0.29, 0.717) is 0 Å². The van der Waals surface area contributed by atoms with Gasteiger partial charge < -0.3 is 0 Å². The normalized spacial score (nSPS) is 11.4. The van der Waals surface area contributed by atoms with Crippen molar-refractivity contribution in [3.8, 4) is 0 Å². The van der Waals surface area contributed by atoms with Gasteiger partial charge in [-0.2, -0.15) is 0 Å². The number of ketones is 1. The lowest BCUT2D eigenvalue weighted by Crippen LogP contribution is -1.92. The number of benzene rings is 1. The summed E-state index contributed by atoms with van der Waals surface area (Å²) in [6.45, 7) is 3.45. The predicted octanol–water partition coefficient (Wildman–Crippen LogP) is 2.76. The maximum absolute atomic E-state index is 10.9. The van der Waals surface area contributed by atoms with E-state index in [1.807, 2.05) is 31.2 Å². The number of hydrogen-bond donors (Lipinski definition) is 0. The van der Waals surface area contributed by atoms with Gasteiger partial charge >= 0.3 is 0 Å². The third-order valence-corrected chi connectivity index (χ3v) is 2.04. The Bertz CT molecular complexity index is 309. The van der Waals surface area contributed by atoms with E-state index < -0.39 is 0 Å². The lowest BCUT2D eigenvalue weighted by molar-refractivity contribution is -0.113. The monoisotopic (exact) mass is 174 g/mol. The Balaban J connectivity index is 2.62. The van der Waals surface area contributed by atoms with Crippen LogP contribution in [0.3, 0.4) is 0 Å². The van der Waals surface area contributed by atoms with E-state index in [-0.39, 0.29) is 5.78 Å². The highest BCUT2D eigenvalue weighted by Gasteiger charge is 1.94. The molecule has 0 aromatic heterocycles. The number of carbonyl (C=O) groups is 1. The Hall–Kier alpha value is -1.37. The molecule has 13 heavy (non-hydrogen) atoms. The van der Waals surface area contributed by atoms with Crippen LogP contribution in [0.2, 0.25) is 0 Å². The van der Waals surface area contributed by atoms with Gasteiger partial charge in [-0.15, -0.1) is 0 Å². The van der Waals surface area contributed by atoms with Gasteiger partial charge in [-0.25, -0.2) is 0 Å². The summed E-state index contributed by atoms with van der Waals surface area (Å²) in [7, 11) is 0. The molecule has 1 aromatic carbocycles. The maximum atomic E-state index is 10.9. The van der Waals surface area contributed by atoms with Crippen LogP contribution >= 0.6 is 0 Å². The third kappa shape index (κ3) is 3.24. The molecule has 1 nitrogen and oxygen atoms in total. The van der Waals surface area contributed by atoms with E-state index in [4.69, 9.17) is 0 Å². The second-order valence-corrected chi connectivity index (χ2v) is 3.13. The zero-order valence-electron chi connectivity index (χ0n) is 8.08. The minimum Gasteiger partial charge on any atom is -0.295 e. The maximum Gasteiger partial charge on any atom is 0.155 e. The van der Waals surface area contributed by atoms with Gasteiger partial charge in [-0.05, 0) is 31.4 Å². The molecule has 0 atom stereocenters. The number of hydrogen-bond acceptors (Lipinski definition) is 1. The van der Waals surface area contributed by atoms with E-state index >= 15 is 0 Å². The molecule has 0 saturated heterocycles. The molecule has 0 saturated carbocycles. The van der Waals surface area contributed by atoms with Crippen molar-refractivity contribution in [2.24, 2.45) is 0 Å². The number of rotatable bonds is 3. The van der Waals surface area contributed by atoms with Gasteiger partial charge in [-0.1, -0.05) is 36.4 Å². The van der Waals surface area contributed by atoms with Crippen LogP contribution in [-0.2, 0) is 11.2 Å². The highest BCUT2D eigenvalue weighted by Crippen LogP contribution is 2.03. The standard InChI is InChI=1S/C12H14O/c1-10(11(2)13)8-9-12-6-4-3-5-7-12/h3-8H,9H2,1-2H3/b10-8+. The number of carbonyl (C=O) groups excluding carboxylic acids is 1. The molecule has 0 amide bonds. The summed E-state index contributed by atoms with van der Waals surface area (Å²) in [6, 6.07) is 10.1. The van der Waals surface area contributed by atoms with Crippen LogP contribution in [-0.4, -0.2) is 5.78 Å². The minimum absolute atomic E-state index is 0.149. The molecular formula is C12H14O. The fraction of sp³-hybridized carbons (Fsp3) is 0.250. The molecule has 0 aliphatic rings. The molecular weight excluding hydrogens is 160 g/mol. The van der Waals surface area contributed by atoms with Crippen molar-refractivity contribution in [1.82, 2.24) is 0 Å². The van der Waals surface area contributed by atoms with Crippen LogP contribution in [0.15, 0.2) is 42.0 Å². The molecule has 0 aliphatic heterocycles. The van der Waals surface area contributed by atoms with Gasteiger partial charge in [0.25, 0.3) is 0 Å². The third-order valence-electron chi connectivity index (χ3n) is 2.04. The quantitative estimate of drug-likeness (QED) is 0.644. The molecule has 0 heterocycles. The summed E-state index contributed by atoms with van der Waals surface area (Å²) < 4.78 is 0. The van der Waals surface area contributed by atoms with Crippen molar-refractivity contribution in [1.29, 1.82) is 0 Å². The van der Waals surface area contributed by atoms with Crippen LogP contribution in [0.5, 0.6) is 0 Å². The predicted molar refractivity (Wildman–Crippen MR) is 54.6 cm³/mol. The molecule has 0 aliphatic carbocycles. The van der Waals surface area contributed by atoms with Crippen molar-refractivity contribution in [3.63, 3.8) is 0 Å². The van der Waals surface area contributed by atoms with E-state index in [0.717, 1.165) is 12.0 Å². The van der Waals surface area contributed by atoms with E-state index in [2.05, 4.69) is 12.1 Å². The molecule has 1 heteroatoms. The zero-order valence-corrected chi connectivity index (χ0v) is 8.08. The summed E-state index contributed by atoms with van der Waals surface area (Å²) >= 11 is 0. The summed E-state index contributed by atoms with van der Waals surface area (Å²) in [5.74, 6) is 0.149. The first-order chi connectivity index (χ1) is 6.20. The summed E-state index contributed by atoms with van der Waals surface area (Å²) in [5.41, 5.74) is 2.08. The number of allylic oxidation sites excluding steroid dienone is 2. The Morgan fingerprint density at radius 1 is 1.23 bits per heavy atom. The van der Waals surface area contributed by atoms with Crippen LogP contribution < -0.4 is 0 Å². The van der Waals surface area contributed by atoms with Crippen molar-refractivity contribution < 1.29 is 4.79 Å². The average molecular weight is 174 g/mol. The lowest BCUT2D eigenvalue weighted by Gasteiger charge is -1.96.